The molecule has 0 amide bonds. The minimum atomic E-state index is -0.0107. The first kappa shape index (κ1) is 9.77. The molecule has 1 atom stereocenters. The molecule has 0 saturated heterocycles. The van der Waals surface area contributed by atoms with E-state index in [1.54, 1.807) is 23.9 Å². The van der Waals surface area contributed by atoms with Gasteiger partial charge >= 0.3 is 0 Å². The quantitative estimate of drug-likeness (QED) is 0.875. The van der Waals surface area contributed by atoms with E-state index < -0.39 is 0 Å². The van der Waals surface area contributed by atoms with E-state index in [0.717, 1.165) is 16.3 Å². The molecule has 0 bridgehead atoms. The van der Waals surface area contributed by atoms with Crippen molar-refractivity contribution in [3.05, 3.63) is 45.5 Å². The summed E-state index contributed by atoms with van der Waals surface area (Å²) in [5.41, 5.74) is 7.01. The van der Waals surface area contributed by atoms with Crippen molar-refractivity contribution < 1.29 is 4.42 Å². The molecule has 0 aromatic carbocycles. The van der Waals surface area contributed by atoms with Gasteiger partial charge in [-0.25, -0.2) is 0 Å². The highest BCUT2D eigenvalue weighted by Gasteiger charge is 2.09. The summed E-state index contributed by atoms with van der Waals surface area (Å²) < 4.78 is 5.78. The highest BCUT2D eigenvalue weighted by Crippen LogP contribution is 2.25. The second kappa shape index (κ2) is 4.17. The monoisotopic (exact) mass is 227 g/mol. The highest BCUT2D eigenvalue weighted by atomic mass is 35.5. The fourth-order valence-corrected chi connectivity index (χ4v) is 2.43. The number of hydrogen-bond acceptors (Lipinski definition) is 3. The molecule has 0 saturated carbocycles. The molecule has 0 fully saturated rings. The summed E-state index contributed by atoms with van der Waals surface area (Å²) in [6.45, 7) is 0. The standard InChI is InChI=1S/C10H10ClNOS/c11-10-2-1-8(14-10)5-9(12)7-3-4-13-6-7/h1-4,6,9H,5,12H2. The normalized spacial score (nSPS) is 13.0. The molecule has 2 nitrogen and oxygen atoms in total. The van der Waals surface area contributed by atoms with Crippen LogP contribution in [0, 0.1) is 0 Å². The lowest BCUT2D eigenvalue weighted by atomic mass is 10.1. The van der Waals surface area contributed by atoms with E-state index in [0.29, 0.717) is 0 Å². The zero-order chi connectivity index (χ0) is 9.97. The summed E-state index contributed by atoms with van der Waals surface area (Å²) in [7, 11) is 0. The van der Waals surface area contributed by atoms with Crippen LogP contribution >= 0.6 is 22.9 Å². The number of furan rings is 1. The topological polar surface area (TPSA) is 39.2 Å². The van der Waals surface area contributed by atoms with Crippen molar-refractivity contribution in [2.24, 2.45) is 5.73 Å². The molecule has 0 aliphatic heterocycles. The Kier molecular flexibility index (Phi) is 2.91. The maximum absolute atomic E-state index is 5.98. The van der Waals surface area contributed by atoms with Gasteiger partial charge in [0.1, 0.15) is 0 Å². The largest absolute Gasteiger partial charge is 0.472 e. The van der Waals surface area contributed by atoms with Crippen LogP contribution in [0.5, 0.6) is 0 Å². The van der Waals surface area contributed by atoms with Crippen LogP contribution in [-0.4, -0.2) is 0 Å². The fourth-order valence-electron chi connectivity index (χ4n) is 1.28. The third-order valence-corrected chi connectivity index (χ3v) is 3.27. The van der Waals surface area contributed by atoms with Crippen molar-refractivity contribution in [2.45, 2.75) is 12.5 Å². The molecule has 0 aliphatic rings. The number of hydrogen-bond donors (Lipinski definition) is 1. The summed E-state index contributed by atoms with van der Waals surface area (Å²) in [6, 6.07) is 5.78. The van der Waals surface area contributed by atoms with Crippen molar-refractivity contribution in [3.63, 3.8) is 0 Å². The zero-order valence-corrected chi connectivity index (χ0v) is 9.02. The van der Waals surface area contributed by atoms with E-state index in [9.17, 15) is 0 Å². The molecule has 0 spiro atoms. The van der Waals surface area contributed by atoms with Crippen molar-refractivity contribution in [1.82, 2.24) is 0 Å². The van der Waals surface area contributed by atoms with Gasteiger partial charge in [0.25, 0.3) is 0 Å². The van der Waals surface area contributed by atoms with Crippen LogP contribution < -0.4 is 5.73 Å². The van der Waals surface area contributed by atoms with Crippen LogP contribution in [-0.2, 0) is 6.42 Å². The Morgan fingerprint density at radius 2 is 2.29 bits per heavy atom. The van der Waals surface area contributed by atoms with Gasteiger partial charge in [-0.05, 0) is 18.2 Å². The van der Waals surface area contributed by atoms with Crippen LogP contribution in [0.25, 0.3) is 0 Å². The van der Waals surface area contributed by atoms with Gasteiger partial charge in [-0.2, -0.15) is 0 Å². The third kappa shape index (κ3) is 2.18. The average molecular weight is 228 g/mol. The van der Waals surface area contributed by atoms with Gasteiger partial charge in [0, 0.05) is 22.9 Å². The average Bonchev–Trinajstić information content (AvgIpc) is 2.75. The van der Waals surface area contributed by atoms with E-state index in [4.69, 9.17) is 21.8 Å². The smallest absolute Gasteiger partial charge is 0.0950 e. The predicted molar refractivity (Wildman–Crippen MR) is 58.7 cm³/mol. The minimum absolute atomic E-state index is 0.0107. The molecule has 2 N–H and O–H groups in total. The summed E-state index contributed by atoms with van der Waals surface area (Å²) in [5, 5.41) is 0. The Hall–Kier alpha value is -0.770. The second-order valence-electron chi connectivity index (χ2n) is 3.07. The maximum Gasteiger partial charge on any atom is 0.0950 e. The van der Waals surface area contributed by atoms with E-state index in [1.807, 2.05) is 18.2 Å². The lowest BCUT2D eigenvalue weighted by Gasteiger charge is -2.06. The number of rotatable bonds is 3. The van der Waals surface area contributed by atoms with Crippen LogP contribution in [0.15, 0.2) is 35.1 Å². The Labute approximate surface area is 91.3 Å². The second-order valence-corrected chi connectivity index (χ2v) is 4.87. The van der Waals surface area contributed by atoms with E-state index >= 15 is 0 Å². The summed E-state index contributed by atoms with van der Waals surface area (Å²) >= 11 is 7.40. The van der Waals surface area contributed by atoms with Gasteiger partial charge in [0.15, 0.2) is 0 Å². The van der Waals surface area contributed by atoms with E-state index in [2.05, 4.69) is 0 Å². The Morgan fingerprint density at radius 3 is 2.86 bits per heavy atom. The highest BCUT2D eigenvalue weighted by molar-refractivity contribution is 7.16. The molecule has 14 heavy (non-hydrogen) atoms. The summed E-state index contributed by atoms with van der Waals surface area (Å²) in [5.74, 6) is 0. The molecule has 1 unspecified atom stereocenters. The molecule has 74 valence electrons. The first-order chi connectivity index (χ1) is 6.75. The van der Waals surface area contributed by atoms with Crippen LogP contribution in [0.3, 0.4) is 0 Å². The van der Waals surface area contributed by atoms with Gasteiger partial charge in [-0.1, -0.05) is 11.6 Å². The van der Waals surface area contributed by atoms with Gasteiger partial charge < -0.3 is 10.2 Å². The lowest BCUT2D eigenvalue weighted by molar-refractivity contribution is 0.558. The van der Waals surface area contributed by atoms with Crippen molar-refractivity contribution in [3.8, 4) is 0 Å². The predicted octanol–water partition coefficient (Wildman–Crippen LogP) is 3.24. The van der Waals surface area contributed by atoms with E-state index in [1.165, 1.54) is 4.88 Å². The molecule has 2 aromatic rings. The number of nitrogens with two attached hydrogens (primary N) is 1. The van der Waals surface area contributed by atoms with Crippen molar-refractivity contribution in [2.75, 3.05) is 0 Å². The molecule has 4 heteroatoms. The molecule has 2 heterocycles. The molecular formula is C10H10ClNOS. The van der Waals surface area contributed by atoms with Crippen LogP contribution in [0.2, 0.25) is 4.34 Å². The fraction of sp³-hybridized carbons (Fsp3) is 0.200. The Morgan fingerprint density at radius 1 is 1.43 bits per heavy atom. The Balaban J connectivity index is 2.05. The molecular weight excluding hydrogens is 218 g/mol. The first-order valence-corrected chi connectivity index (χ1v) is 5.47. The van der Waals surface area contributed by atoms with Crippen molar-refractivity contribution in [1.29, 1.82) is 0 Å². The molecule has 0 radical (unpaired) electrons. The maximum atomic E-state index is 5.98. The van der Waals surface area contributed by atoms with Gasteiger partial charge in [-0.3, -0.25) is 0 Å². The molecule has 2 rings (SSSR count). The van der Waals surface area contributed by atoms with Crippen molar-refractivity contribution >= 4 is 22.9 Å². The van der Waals surface area contributed by atoms with Gasteiger partial charge in [0.2, 0.25) is 0 Å². The lowest BCUT2D eigenvalue weighted by Crippen LogP contribution is -2.11. The Bertz CT molecular complexity index is 396. The SMILES string of the molecule is NC(Cc1ccc(Cl)s1)c1ccoc1. The third-order valence-electron chi connectivity index (χ3n) is 2.02. The number of thiophene rings is 1. The minimum Gasteiger partial charge on any atom is -0.472 e. The zero-order valence-electron chi connectivity index (χ0n) is 7.44. The summed E-state index contributed by atoms with van der Waals surface area (Å²) in [6.07, 6.45) is 4.12. The summed E-state index contributed by atoms with van der Waals surface area (Å²) in [4.78, 5) is 1.20. The van der Waals surface area contributed by atoms with Gasteiger partial charge in [-0.15, -0.1) is 11.3 Å². The van der Waals surface area contributed by atoms with Crippen LogP contribution in [0.4, 0.5) is 0 Å². The molecule has 0 aliphatic carbocycles. The first-order valence-electron chi connectivity index (χ1n) is 4.27. The number of halogens is 1. The van der Waals surface area contributed by atoms with E-state index in [-0.39, 0.29) is 6.04 Å². The van der Waals surface area contributed by atoms with Crippen LogP contribution in [0.1, 0.15) is 16.5 Å². The van der Waals surface area contributed by atoms with Gasteiger partial charge in [0.05, 0.1) is 16.9 Å². The molecule has 2 aromatic heterocycles.